The van der Waals surface area contributed by atoms with Gasteiger partial charge >= 0.3 is 0 Å². The first-order valence-corrected chi connectivity index (χ1v) is 15.6. The Hall–Kier alpha value is 0.810. The molecule has 5 heteroatoms. The summed E-state index contributed by atoms with van der Waals surface area (Å²) in [6.07, 6.45) is 5.26. The Kier molecular flexibility index (Phi) is 5.35. The second-order valence-corrected chi connectivity index (χ2v) is 20.5. The van der Waals surface area contributed by atoms with Gasteiger partial charge < -0.3 is 0 Å². The van der Waals surface area contributed by atoms with Crippen LogP contribution in [0.3, 0.4) is 0 Å². The fraction of sp³-hybridized carbons (Fsp3) is 0.625. The van der Waals surface area contributed by atoms with Crippen LogP contribution in [-0.4, -0.2) is 23.0 Å². The molecule has 1 aromatic carbocycles. The van der Waals surface area contributed by atoms with Crippen LogP contribution < -0.4 is 0 Å². The lowest BCUT2D eigenvalue weighted by molar-refractivity contribution is 0.616. The average molecular weight is 458 g/mol. The van der Waals surface area contributed by atoms with Crippen LogP contribution in [-0.2, 0) is 11.5 Å². The van der Waals surface area contributed by atoms with Gasteiger partial charge in [0.2, 0.25) is 0 Å². The lowest BCUT2D eigenvalue weighted by Crippen LogP contribution is -2.02. The van der Waals surface area contributed by atoms with Gasteiger partial charge in [0, 0.05) is 11.5 Å². The van der Waals surface area contributed by atoms with Gasteiger partial charge in [0.15, 0.2) is 0 Å². The lowest BCUT2D eigenvalue weighted by Gasteiger charge is -2.29. The molecule has 0 amide bonds. The molecule has 2 saturated heterocycles. The third-order valence-corrected chi connectivity index (χ3v) is 15.5. The maximum Gasteiger partial charge on any atom is 0.127 e. The molecule has 1 aromatic rings. The van der Waals surface area contributed by atoms with E-state index >= 15 is 0 Å². The van der Waals surface area contributed by atoms with Crippen LogP contribution in [0.4, 0.5) is 4.39 Å². The topological polar surface area (TPSA) is 0 Å². The first-order valence-electron chi connectivity index (χ1n) is 7.67. The molecular weight excluding hydrogens is 435 g/mol. The molecule has 0 spiro atoms. The molecule has 0 bridgehead atoms. The Morgan fingerprint density at radius 1 is 0.857 bits per heavy atom. The van der Waals surface area contributed by atoms with Crippen LogP contribution >= 0.6 is 46.5 Å². The van der Waals surface area contributed by atoms with E-state index in [-0.39, 0.29) is 5.82 Å². The molecule has 3 rings (SSSR count). The molecular formula is C16H23Br2FS2. The molecule has 2 aliphatic heterocycles. The van der Waals surface area contributed by atoms with Crippen LogP contribution in [0.2, 0.25) is 0 Å². The van der Waals surface area contributed by atoms with Crippen LogP contribution in [0.1, 0.15) is 36.8 Å². The Morgan fingerprint density at radius 2 is 1.38 bits per heavy atom. The lowest BCUT2D eigenvalue weighted by atomic mass is 10.1. The molecule has 0 saturated carbocycles. The molecule has 120 valence electrons. The molecule has 2 heterocycles. The predicted molar refractivity (Wildman–Crippen MR) is 105 cm³/mol. The van der Waals surface area contributed by atoms with Gasteiger partial charge in [-0.3, -0.25) is 0 Å². The second kappa shape index (κ2) is 6.74. The minimum atomic E-state index is -0.758. The highest BCUT2D eigenvalue weighted by molar-refractivity contribution is 9.58. The summed E-state index contributed by atoms with van der Waals surface area (Å²) in [6.45, 7) is 0. The molecule has 0 aliphatic carbocycles. The number of hydrogen-bond donors (Lipinski definition) is 0. The van der Waals surface area contributed by atoms with E-state index in [0.717, 1.165) is 17.1 Å². The SMILES string of the molecule is Fc1cc(CS2(Br)CCCC2)ccc1CS1(Br)CCCC1. The zero-order valence-corrected chi connectivity index (χ0v) is 17.1. The first-order chi connectivity index (χ1) is 9.98. The largest absolute Gasteiger partial charge is 0.207 e. The number of hydrogen-bond acceptors (Lipinski definition) is 0. The van der Waals surface area contributed by atoms with Crippen molar-refractivity contribution in [1.82, 2.24) is 0 Å². The van der Waals surface area contributed by atoms with Crippen LogP contribution in [0.25, 0.3) is 0 Å². The molecule has 0 radical (unpaired) electrons. The van der Waals surface area contributed by atoms with Gasteiger partial charge in [0.05, 0.1) is 0 Å². The average Bonchev–Trinajstić information content (AvgIpc) is 3.03. The van der Waals surface area contributed by atoms with Crippen molar-refractivity contribution in [1.29, 1.82) is 0 Å². The van der Waals surface area contributed by atoms with Crippen molar-refractivity contribution in [2.24, 2.45) is 0 Å². The minimum absolute atomic E-state index is 0.0132. The van der Waals surface area contributed by atoms with Crippen molar-refractivity contribution >= 4 is 46.5 Å². The van der Waals surface area contributed by atoms with Gasteiger partial charge in [0.25, 0.3) is 0 Å². The predicted octanol–water partition coefficient (Wildman–Crippen LogP) is 6.64. The van der Waals surface area contributed by atoms with Crippen molar-refractivity contribution in [2.75, 3.05) is 23.0 Å². The minimum Gasteiger partial charge on any atom is -0.207 e. The van der Waals surface area contributed by atoms with Crippen LogP contribution in [0.15, 0.2) is 18.2 Å². The highest BCUT2D eigenvalue weighted by Gasteiger charge is 2.28. The molecule has 2 aliphatic rings. The molecule has 0 atom stereocenters. The van der Waals surface area contributed by atoms with E-state index in [9.17, 15) is 4.39 Å². The van der Waals surface area contributed by atoms with Gasteiger partial charge in [-0.05, 0) is 95.5 Å². The highest BCUT2D eigenvalue weighted by atomic mass is 79.9. The van der Waals surface area contributed by atoms with Gasteiger partial charge in [-0.2, -0.15) is 16.9 Å². The van der Waals surface area contributed by atoms with Crippen LogP contribution in [0, 0.1) is 5.82 Å². The van der Waals surface area contributed by atoms with E-state index in [1.165, 1.54) is 54.3 Å². The maximum absolute atomic E-state index is 14.5. The van der Waals surface area contributed by atoms with E-state index in [1.807, 2.05) is 6.07 Å². The van der Waals surface area contributed by atoms with Crippen molar-refractivity contribution in [2.45, 2.75) is 37.2 Å². The van der Waals surface area contributed by atoms with Crippen molar-refractivity contribution in [3.63, 3.8) is 0 Å². The van der Waals surface area contributed by atoms with E-state index < -0.39 is 16.9 Å². The first kappa shape index (κ1) is 16.7. The molecule has 0 aromatic heterocycles. The molecule has 21 heavy (non-hydrogen) atoms. The summed E-state index contributed by atoms with van der Waals surface area (Å²) in [7, 11) is -1.44. The molecule has 2 fully saturated rings. The van der Waals surface area contributed by atoms with Crippen molar-refractivity contribution < 1.29 is 4.39 Å². The third kappa shape index (κ3) is 4.21. The van der Waals surface area contributed by atoms with Gasteiger partial charge in [-0.15, -0.1) is 0 Å². The zero-order chi connectivity index (χ0) is 14.9. The molecule has 0 N–H and O–H groups in total. The van der Waals surface area contributed by atoms with Gasteiger partial charge in [0.1, 0.15) is 5.82 Å². The third-order valence-electron chi connectivity index (χ3n) is 4.50. The van der Waals surface area contributed by atoms with E-state index in [0.29, 0.717) is 0 Å². The summed E-state index contributed by atoms with van der Waals surface area (Å²) in [5.74, 6) is 7.06. The summed E-state index contributed by atoms with van der Waals surface area (Å²) in [5.41, 5.74) is 2.09. The Bertz CT molecular complexity index is 509. The van der Waals surface area contributed by atoms with Gasteiger partial charge in [-0.1, -0.05) is 12.1 Å². The van der Waals surface area contributed by atoms with Crippen LogP contribution in [0.5, 0.6) is 0 Å². The zero-order valence-electron chi connectivity index (χ0n) is 12.3. The summed E-state index contributed by atoms with van der Waals surface area (Å²) >= 11 is 7.89. The number of halogens is 3. The molecule has 0 unspecified atom stereocenters. The van der Waals surface area contributed by atoms with E-state index in [2.05, 4.69) is 35.7 Å². The summed E-state index contributed by atoms with van der Waals surface area (Å²) < 4.78 is 14.5. The van der Waals surface area contributed by atoms with Crippen molar-refractivity contribution in [3.8, 4) is 0 Å². The number of benzene rings is 1. The summed E-state index contributed by atoms with van der Waals surface area (Å²) in [4.78, 5) is 0. The summed E-state index contributed by atoms with van der Waals surface area (Å²) in [6, 6.07) is 6.01. The van der Waals surface area contributed by atoms with Gasteiger partial charge in [-0.25, -0.2) is 4.39 Å². The Labute approximate surface area is 145 Å². The van der Waals surface area contributed by atoms with E-state index in [1.54, 1.807) is 6.07 Å². The monoisotopic (exact) mass is 456 g/mol. The molecule has 0 nitrogen and oxygen atoms in total. The fourth-order valence-corrected chi connectivity index (χ4v) is 13.0. The van der Waals surface area contributed by atoms with Crippen molar-refractivity contribution in [3.05, 3.63) is 35.1 Å². The normalized spacial score (nSPS) is 26.6. The Morgan fingerprint density at radius 3 is 1.90 bits per heavy atom. The fourth-order valence-electron chi connectivity index (χ4n) is 3.31. The smallest absolute Gasteiger partial charge is 0.127 e. The Balaban J connectivity index is 1.70. The standard InChI is InChI=1S/C16H23Br2FS2/c17-20(7-1-2-8-20)12-14-5-6-15(16(19)11-14)13-21(18)9-3-4-10-21/h5-6,11H,1-4,7-10,12-13H2. The highest BCUT2D eigenvalue weighted by Crippen LogP contribution is 2.64. The summed E-state index contributed by atoms with van der Waals surface area (Å²) in [5, 5.41) is 0. The second-order valence-electron chi connectivity index (χ2n) is 6.32. The van der Waals surface area contributed by atoms with E-state index in [4.69, 9.17) is 0 Å². The quantitative estimate of drug-likeness (QED) is 0.475. The number of rotatable bonds is 4. The maximum atomic E-state index is 14.5.